The zero-order valence-corrected chi connectivity index (χ0v) is 9.18. The number of benzene rings is 1. The summed E-state index contributed by atoms with van der Waals surface area (Å²) in [6.45, 7) is 3.63. The summed E-state index contributed by atoms with van der Waals surface area (Å²) >= 11 is 0. The number of carbonyl (C=O) groups is 1. The summed E-state index contributed by atoms with van der Waals surface area (Å²) < 4.78 is 27.4. The largest absolute Gasteiger partial charge is 0.355 e. The predicted molar refractivity (Wildman–Crippen MR) is 56.0 cm³/mol. The Labute approximate surface area is 92.7 Å². The van der Waals surface area contributed by atoms with Crippen LogP contribution in [0.3, 0.4) is 0 Å². The molecular formula is C12H13F2NO. The number of halogens is 2. The smallest absolute Gasteiger partial charge is 0.223 e. The molecule has 1 heterocycles. The first kappa shape index (κ1) is 11.0. The van der Waals surface area contributed by atoms with Crippen molar-refractivity contribution in [1.82, 2.24) is 5.32 Å². The van der Waals surface area contributed by atoms with Crippen LogP contribution in [-0.2, 0) is 4.79 Å². The van der Waals surface area contributed by atoms with Crippen LogP contribution in [0, 0.1) is 24.5 Å². The highest BCUT2D eigenvalue weighted by Crippen LogP contribution is 2.32. The lowest BCUT2D eigenvalue weighted by atomic mass is 9.88. The van der Waals surface area contributed by atoms with Crippen molar-refractivity contribution in [3.8, 4) is 0 Å². The normalized spacial score (nSPS) is 24.6. The third-order valence-electron chi connectivity index (χ3n) is 3.11. The van der Waals surface area contributed by atoms with Crippen molar-refractivity contribution in [2.24, 2.45) is 5.92 Å². The molecule has 0 aromatic heterocycles. The summed E-state index contributed by atoms with van der Waals surface area (Å²) in [4.78, 5) is 11.3. The molecule has 0 saturated carbocycles. The zero-order chi connectivity index (χ0) is 11.9. The van der Waals surface area contributed by atoms with Gasteiger partial charge in [-0.25, -0.2) is 8.78 Å². The van der Waals surface area contributed by atoms with Gasteiger partial charge >= 0.3 is 0 Å². The number of carbonyl (C=O) groups excluding carboxylic acids is 1. The highest BCUT2D eigenvalue weighted by atomic mass is 19.1. The molecular weight excluding hydrogens is 212 g/mol. The third-order valence-corrected chi connectivity index (χ3v) is 3.11. The third kappa shape index (κ3) is 1.68. The highest BCUT2D eigenvalue weighted by Gasteiger charge is 2.35. The highest BCUT2D eigenvalue weighted by molar-refractivity contribution is 5.82. The van der Waals surface area contributed by atoms with Gasteiger partial charge in [-0.15, -0.1) is 0 Å². The first-order chi connectivity index (χ1) is 7.50. The van der Waals surface area contributed by atoms with Crippen LogP contribution in [0.1, 0.15) is 24.0 Å². The van der Waals surface area contributed by atoms with Crippen molar-refractivity contribution in [1.29, 1.82) is 0 Å². The predicted octanol–water partition coefficient (Wildman–Crippen LogP) is 2.12. The number of amides is 1. The van der Waals surface area contributed by atoms with E-state index in [2.05, 4.69) is 5.32 Å². The van der Waals surface area contributed by atoms with Gasteiger partial charge in [-0.2, -0.15) is 0 Å². The monoisotopic (exact) mass is 225 g/mol. The lowest BCUT2D eigenvalue weighted by Crippen LogP contribution is -2.17. The van der Waals surface area contributed by atoms with E-state index < -0.39 is 17.6 Å². The molecule has 0 spiro atoms. The van der Waals surface area contributed by atoms with Crippen molar-refractivity contribution in [2.75, 3.05) is 6.54 Å². The van der Waals surface area contributed by atoms with Gasteiger partial charge in [-0.05, 0) is 24.6 Å². The van der Waals surface area contributed by atoms with Crippen LogP contribution >= 0.6 is 0 Å². The SMILES string of the molecule is Cc1cc(F)c([C@H]2CNC(=O)[C@@H]2C)c(F)c1. The van der Waals surface area contributed by atoms with E-state index in [1.54, 1.807) is 13.8 Å². The summed E-state index contributed by atoms with van der Waals surface area (Å²) in [5, 5.41) is 2.61. The lowest BCUT2D eigenvalue weighted by molar-refractivity contribution is -0.122. The summed E-state index contributed by atoms with van der Waals surface area (Å²) in [5.41, 5.74) is 0.570. The molecule has 1 amide bonds. The molecule has 1 aromatic rings. The molecule has 0 bridgehead atoms. The molecule has 1 N–H and O–H groups in total. The second kappa shape index (κ2) is 3.85. The molecule has 1 aliphatic rings. The van der Waals surface area contributed by atoms with E-state index in [0.717, 1.165) is 0 Å². The number of hydrogen-bond acceptors (Lipinski definition) is 1. The van der Waals surface area contributed by atoms with Gasteiger partial charge in [0, 0.05) is 23.9 Å². The number of aryl methyl sites for hydroxylation is 1. The minimum atomic E-state index is -0.564. The standard InChI is InChI=1S/C12H13F2NO/c1-6-3-9(13)11(10(14)4-6)8-5-15-12(16)7(8)2/h3-4,7-8H,5H2,1-2H3,(H,15,16)/t7-,8+/m1/s1. The Morgan fingerprint density at radius 2 is 1.88 bits per heavy atom. The summed E-state index contributed by atoms with van der Waals surface area (Å²) in [5.74, 6) is -2.07. The fourth-order valence-electron chi connectivity index (χ4n) is 2.15. The zero-order valence-electron chi connectivity index (χ0n) is 9.18. The lowest BCUT2D eigenvalue weighted by Gasteiger charge is -2.15. The van der Waals surface area contributed by atoms with Crippen LogP contribution in [-0.4, -0.2) is 12.5 Å². The average Bonchev–Trinajstić information content (AvgIpc) is 2.48. The van der Waals surface area contributed by atoms with Gasteiger partial charge in [0.05, 0.1) is 0 Å². The summed E-state index contributed by atoms with van der Waals surface area (Å²) in [7, 11) is 0. The molecule has 1 saturated heterocycles. The topological polar surface area (TPSA) is 29.1 Å². The van der Waals surface area contributed by atoms with Gasteiger partial charge in [0.2, 0.25) is 5.91 Å². The van der Waals surface area contributed by atoms with Crippen molar-refractivity contribution in [2.45, 2.75) is 19.8 Å². The second-order valence-electron chi connectivity index (χ2n) is 4.28. The Kier molecular flexibility index (Phi) is 2.66. The maximum absolute atomic E-state index is 13.7. The summed E-state index contributed by atoms with van der Waals surface area (Å²) in [6.07, 6.45) is 0. The number of hydrogen-bond donors (Lipinski definition) is 1. The minimum Gasteiger partial charge on any atom is -0.355 e. The van der Waals surface area contributed by atoms with Crippen LogP contribution in [0.25, 0.3) is 0 Å². The molecule has 1 aromatic carbocycles. The molecule has 4 heteroatoms. The fraction of sp³-hybridized carbons (Fsp3) is 0.417. The second-order valence-corrected chi connectivity index (χ2v) is 4.28. The minimum absolute atomic E-state index is 0.0245. The van der Waals surface area contributed by atoms with E-state index in [9.17, 15) is 13.6 Å². The fourth-order valence-corrected chi connectivity index (χ4v) is 2.15. The van der Waals surface area contributed by atoms with Crippen LogP contribution < -0.4 is 5.32 Å². The molecule has 2 rings (SSSR count). The first-order valence-corrected chi connectivity index (χ1v) is 5.24. The van der Waals surface area contributed by atoms with Crippen molar-refractivity contribution >= 4 is 5.91 Å². The maximum atomic E-state index is 13.7. The van der Waals surface area contributed by atoms with Crippen molar-refractivity contribution in [3.05, 3.63) is 34.9 Å². The van der Waals surface area contributed by atoms with Crippen molar-refractivity contribution in [3.63, 3.8) is 0 Å². The molecule has 16 heavy (non-hydrogen) atoms. The van der Waals surface area contributed by atoms with Crippen LogP contribution in [0.4, 0.5) is 8.78 Å². The molecule has 0 radical (unpaired) electrons. The quantitative estimate of drug-likeness (QED) is 0.779. The Morgan fingerprint density at radius 1 is 1.31 bits per heavy atom. The average molecular weight is 225 g/mol. The van der Waals surface area contributed by atoms with Crippen LogP contribution in [0.5, 0.6) is 0 Å². The summed E-state index contributed by atoms with van der Waals surface area (Å²) in [6, 6.07) is 2.60. The number of rotatable bonds is 1. The molecule has 0 aliphatic carbocycles. The molecule has 1 fully saturated rings. The Hall–Kier alpha value is -1.45. The van der Waals surface area contributed by atoms with Gasteiger partial charge in [0.1, 0.15) is 11.6 Å². The van der Waals surface area contributed by atoms with E-state index in [1.807, 2.05) is 0 Å². The maximum Gasteiger partial charge on any atom is 0.223 e. The van der Waals surface area contributed by atoms with Gasteiger partial charge in [0.25, 0.3) is 0 Å². The number of nitrogens with one attached hydrogen (secondary N) is 1. The van der Waals surface area contributed by atoms with Gasteiger partial charge in [0.15, 0.2) is 0 Å². The molecule has 2 atom stereocenters. The first-order valence-electron chi connectivity index (χ1n) is 5.24. The van der Waals surface area contributed by atoms with Gasteiger partial charge < -0.3 is 5.32 Å². The van der Waals surface area contributed by atoms with Crippen molar-refractivity contribution < 1.29 is 13.6 Å². The molecule has 2 nitrogen and oxygen atoms in total. The van der Waals surface area contributed by atoms with E-state index in [4.69, 9.17) is 0 Å². The molecule has 86 valence electrons. The Morgan fingerprint density at radius 3 is 2.31 bits per heavy atom. The Bertz CT molecular complexity index is 422. The van der Waals surface area contributed by atoms with E-state index in [-0.39, 0.29) is 17.4 Å². The van der Waals surface area contributed by atoms with Gasteiger partial charge in [-0.3, -0.25) is 4.79 Å². The van der Waals surface area contributed by atoms with E-state index in [0.29, 0.717) is 12.1 Å². The molecule has 1 aliphatic heterocycles. The van der Waals surface area contributed by atoms with Crippen LogP contribution in [0.2, 0.25) is 0 Å². The Balaban J connectivity index is 2.45. The van der Waals surface area contributed by atoms with Gasteiger partial charge in [-0.1, -0.05) is 6.92 Å². The van der Waals surface area contributed by atoms with E-state index >= 15 is 0 Å². The van der Waals surface area contributed by atoms with E-state index in [1.165, 1.54) is 12.1 Å². The van der Waals surface area contributed by atoms with Crippen LogP contribution in [0.15, 0.2) is 12.1 Å². The molecule has 0 unspecified atom stereocenters.